The molecule has 0 unspecified atom stereocenters. The number of amides is 1. The first kappa shape index (κ1) is 12.5. The monoisotopic (exact) mass is 249 g/mol. The third-order valence-corrected chi connectivity index (χ3v) is 3.13. The molecule has 1 saturated carbocycles. The summed E-state index contributed by atoms with van der Waals surface area (Å²) in [6.07, 6.45) is 7.05. The molecule has 1 aromatic rings. The average molecular weight is 249 g/mol. The van der Waals surface area contributed by atoms with Crippen molar-refractivity contribution in [3.05, 3.63) is 23.8 Å². The summed E-state index contributed by atoms with van der Waals surface area (Å²) in [5, 5.41) is 11.5. The molecular formula is C12H15N3O3. The van der Waals surface area contributed by atoms with Crippen LogP contribution in [0.5, 0.6) is 0 Å². The molecule has 1 fully saturated rings. The second-order valence-corrected chi connectivity index (χ2v) is 4.45. The molecule has 0 aromatic carbocycles. The molecule has 6 heteroatoms. The first-order valence-electron chi connectivity index (χ1n) is 6.00. The van der Waals surface area contributed by atoms with Crippen LogP contribution < -0.4 is 5.32 Å². The molecule has 18 heavy (non-hydrogen) atoms. The lowest BCUT2D eigenvalue weighted by atomic mass is 10.1. The summed E-state index contributed by atoms with van der Waals surface area (Å²) in [4.78, 5) is 29.7. The maximum atomic E-state index is 11.7. The Morgan fingerprint density at radius 1 is 1.22 bits per heavy atom. The van der Waals surface area contributed by atoms with E-state index in [9.17, 15) is 9.59 Å². The van der Waals surface area contributed by atoms with Crippen molar-refractivity contribution in [2.45, 2.75) is 25.7 Å². The lowest BCUT2D eigenvalue weighted by Gasteiger charge is -2.09. The van der Waals surface area contributed by atoms with E-state index in [1.165, 1.54) is 19.0 Å². The molecular weight excluding hydrogens is 234 g/mol. The Morgan fingerprint density at radius 2 is 1.83 bits per heavy atom. The zero-order chi connectivity index (χ0) is 13.0. The number of carbonyl (C=O) groups excluding carboxylic acids is 1. The Bertz CT molecular complexity index is 438. The van der Waals surface area contributed by atoms with Crippen LogP contribution in [0.25, 0.3) is 0 Å². The molecule has 0 bridgehead atoms. The number of aromatic nitrogens is 2. The van der Waals surface area contributed by atoms with Gasteiger partial charge in [-0.3, -0.25) is 4.79 Å². The van der Waals surface area contributed by atoms with Crippen LogP contribution >= 0.6 is 0 Å². The van der Waals surface area contributed by atoms with Gasteiger partial charge in [-0.2, -0.15) is 0 Å². The zero-order valence-electron chi connectivity index (χ0n) is 9.93. The second kappa shape index (κ2) is 5.57. The van der Waals surface area contributed by atoms with Crippen LogP contribution in [0.15, 0.2) is 12.4 Å². The van der Waals surface area contributed by atoms with Gasteiger partial charge in [0.05, 0.1) is 12.4 Å². The standard InChI is InChI=1S/C12H15N3O3/c16-11(15-5-8-3-1-2-4-8)9-6-14-10(7-13-9)12(17)18/h6-8H,1-5H2,(H,15,16)(H,17,18). The number of nitrogens with one attached hydrogen (secondary N) is 1. The van der Waals surface area contributed by atoms with Crippen LogP contribution in [-0.2, 0) is 0 Å². The molecule has 0 saturated heterocycles. The van der Waals surface area contributed by atoms with Crippen LogP contribution in [0.2, 0.25) is 0 Å². The highest BCUT2D eigenvalue weighted by Crippen LogP contribution is 2.23. The number of hydrogen-bond acceptors (Lipinski definition) is 4. The van der Waals surface area contributed by atoms with E-state index < -0.39 is 5.97 Å². The van der Waals surface area contributed by atoms with Crippen molar-refractivity contribution in [2.75, 3.05) is 6.54 Å². The number of aromatic carboxylic acids is 1. The molecule has 0 spiro atoms. The first-order valence-corrected chi connectivity index (χ1v) is 6.00. The summed E-state index contributed by atoms with van der Waals surface area (Å²) in [6, 6.07) is 0. The lowest BCUT2D eigenvalue weighted by Crippen LogP contribution is -2.29. The fourth-order valence-corrected chi connectivity index (χ4v) is 2.10. The summed E-state index contributed by atoms with van der Waals surface area (Å²) in [7, 11) is 0. The van der Waals surface area contributed by atoms with Gasteiger partial charge in [-0.25, -0.2) is 14.8 Å². The Hall–Kier alpha value is -1.98. The number of carbonyl (C=O) groups is 2. The molecule has 1 aromatic heterocycles. The van der Waals surface area contributed by atoms with Gasteiger partial charge >= 0.3 is 5.97 Å². The normalized spacial score (nSPS) is 15.6. The van der Waals surface area contributed by atoms with Gasteiger partial charge in [0, 0.05) is 6.54 Å². The van der Waals surface area contributed by atoms with Gasteiger partial charge in [-0.1, -0.05) is 12.8 Å². The largest absolute Gasteiger partial charge is 0.476 e. The minimum absolute atomic E-state index is 0.151. The second-order valence-electron chi connectivity index (χ2n) is 4.45. The summed E-state index contributed by atoms with van der Waals surface area (Å²) < 4.78 is 0. The van der Waals surface area contributed by atoms with E-state index in [0.29, 0.717) is 12.5 Å². The van der Waals surface area contributed by atoms with E-state index in [-0.39, 0.29) is 17.3 Å². The number of carboxylic acid groups (broad SMARTS) is 1. The Morgan fingerprint density at radius 3 is 2.39 bits per heavy atom. The van der Waals surface area contributed by atoms with Crippen LogP contribution in [0, 0.1) is 5.92 Å². The van der Waals surface area contributed by atoms with Gasteiger partial charge in [-0.15, -0.1) is 0 Å². The Labute approximate surface area is 104 Å². The van der Waals surface area contributed by atoms with Crippen LogP contribution in [-0.4, -0.2) is 33.5 Å². The van der Waals surface area contributed by atoms with Crippen molar-refractivity contribution in [3.63, 3.8) is 0 Å². The Kier molecular flexibility index (Phi) is 3.86. The number of carboxylic acids is 1. The zero-order valence-corrected chi connectivity index (χ0v) is 9.93. The summed E-state index contributed by atoms with van der Waals surface area (Å²) >= 11 is 0. The van der Waals surface area contributed by atoms with Crippen molar-refractivity contribution in [1.82, 2.24) is 15.3 Å². The van der Waals surface area contributed by atoms with Gasteiger partial charge in [-0.05, 0) is 18.8 Å². The molecule has 0 atom stereocenters. The van der Waals surface area contributed by atoms with Crippen molar-refractivity contribution in [2.24, 2.45) is 5.92 Å². The van der Waals surface area contributed by atoms with Crippen LogP contribution in [0.1, 0.15) is 46.7 Å². The van der Waals surface area contributed by atoms with Crippen molar-refractivity contribution in [3.8, 4) is 0 Å². The predicted molar refractivity (Wildman–Crippen MR) is 63.3 cm³/mol. The molecule has 96 valence electrons. The van der Waals surface area contributed by atoms with Crippen LogP contribution in [0.4, 0.5) is 0 Å². The maximum absolute atomic E-state index is 11.7. The van der Waals surface area contributed by atoms with Crippen molar-refractivity contribution in [1.29, 1.82) is 0 Å². The van der Waals surface area contributed by atoms with Gasteiger partial charge in [0.25, 0.3) is 5.91 Å². The van der Waals surface area contributed by atoms with E-state index in [2.05, 4.69) is 15.3 Å². The molecule has 0 aliphatic heterocycles. The van der Waals surface area contributed by atoms with E-state index in [1.807, 2.05) is 0 Å². The number of nitrogens with zero attached hydrogens (tertiary/aromatic N) is 2. The molecule has 1 amide bonds. The summed E-state index contributed by atoms with van der Waals surface area (Å²) in [6.45, 7) is 0.654. The summed E-state index contributed by atoms with van der Waals surface area (Å²) in [5.41, 5.74) is -0.0136. The lowest BCUT2D eigenvalue weighted by molar-refractivity contribution is 0.0689. The molecule has 1 heterocycles. The van der Waals surface area contributed by atoms with E-state index >= 15 is 0 Å². The van der Waals surface area contributed by atoms with E-state index in [4.69, 9.17) is 5.11 Å². The first-order chi connectivity index (χ1) is 8.66. The third-order valence-electron chi connectivity index (χ3n) is 3.13. The van der Waals surface area contributed by atoms with Crippen molar-refractivity contribution >= 4 is 11.9 Å². The molecule has 1 aliphatic carbocycles. The minimum atomic E-state index is -1.15. The van der Waals surface area contributed by atoms with Crippen LogP contribution in [0.3, 0.4) is 0 Å². The number of rotatable bonds is 4. The van der Waals surface area contributed by atoms with Gasteiger partial charge in [0.2, 0.25) is 0 Å². The van der Waals surface area contributed by atoms with E-state index in [1.54, 1.807) is 0 Å². The molecule has 0 radical (unpaired) electrons. The van der Waals surface area contributed by atoms with E-state index in [0.717, 1.165) is 19.0 Å². The van der Waals surface area contributed by atoms with Gasteiger partial charge in [0.1, 0.15) is 5.69 Å². The highest BCUT2D eigenvalue weighted by molar-refractivity contribution is 5.92. The minimum Gasteiger partial charge on any atom is -0.476 e. The smallest absolute Gasteiger partial charge is 0.356 e. The molecule has 2 N–H and O–H groups in total. The topological polar surface area (TPSA) is 92.2 Å². The summed E-state index contributed by atoms with van der Waals surface area (Å²) in [5.74, 6) is -0.896. The van der Waals surface area contributed by atoms with Gasteiger partial charge in [0.15, 0.2) is 5.69 Å². The predicted octanol–water partition coefficient (Wildman–Crippen LogP) is 1.09. The highest BCUT2D eigenvalue weighted by Gasteiger charge is 2.17. The molecule has 6 nitrogen and oxygen atoms in total. The average Bonchev–Trinajstić information content (AvgIpc) is 2.89. The SMILES string of the molecule is O=C(O)c1cnc(C(=O)NCC2CCCC2)cn1. The molecule has 2 rings (SSSR count). The fraction of sp³-hybridized carbons (Fsp3) is 0.500. The highest BCUT2D eigenvalue weighted by atomic mass is 16.4. The van der Waals surface area contributed by atoms with Gasteiger partial charge < -0.3 is 10.4 Å². The fourth-order valence-electron chi connectivity index (χ4n) is 2.10. The molecule has 1 aliphatic rings. The van der Waals surface area contributed by atoms with Crippen molar-refractivity contribution < 1.29 is 14.7 Å². The third kappa shape index (κ3) is 3.03. The maximum Gasteiger partial charge on any atom is 0.356 e. The quantitative estimate of drug-likeness (QED) is 0.833. The number of hydrogen-bond donors (Lipinski definition) is 2. The Balaban J connectivity index is 1.89.